The lowest BCUT2D eigenvalue weighted by molar-refractivity contribution is 0.0822. The molecule has 4 nitrogen and oxygen atoms in total. The van der Waals surface area contributed by atoms with Crippen molar-refractivity contribution in [2.24, 2.45) is 5.92 Å². The van der Waals surface area contributed by atoms with Crippen molar-refractivity contribution in [1.82, 2.24) is 9.88 Å². The van der Waals surface area contributed by atoms with Gasteiger partial charge in [-0.1, -0.05) is 19.3 Å². The van der Waals surface area contributed by atoms with E-state index >= 15 is 0 Å². The highest BCUT2D eigenvalue weighted by Gasteiger charge is 2.16. The highest BCUT2D eigenvalue weighted by atomic mass is 16.2. The molecule has 0 aliphatic heterocycles. The number of carbonyl (C=O) groups is 1. The SMILES string of the molecule is CN(C)C(=O)c1cc(NCCC2CCC2)ccn1. The molecule has 98 valence electrons. The number of anilines is 1. The minimum atomic E-state index is -0.0577. The summed E-state index contributed by atoms with van der Waals surface area (Å²) in [5.41, 5.74) is 1.48. The fourth-order valence-corrected chi connectivity index (χ4v) is 2.09. The second kappa shape index (κ2) is 5.85. The van der Waals surface area contributed by atoms with Gasteiger partial charge in [-0.25, -0.2) is 0 Å². The Labute approximate surface area is 108 Å². The van der Waals surface area contributed by atoms with Crippen LogP contribution in [0, 0.1) is 5.92 Å². The monoisotopic (exact) mass is 247 g/mol. The van der Waals surface area contributed by atoms with Gasteiger partial charge in [0.25, 0.3) is 5.91 Å². The third kappa shape index (κ3) is 3.22. The molecule has 0 atom stereocenters. The van der Waals surface area contributed by atoms with Gasteiger partial charge in [-0.05, 0) is 24.5 Å². The third-order valence-corrected chi connectivity index (χ3v) is 3.49. The molecule has 0 radical (unpaired) electrons. The van der Waals surface area contributed by atoms with Gasteiger partial charge in [0.1, 0.15) is 5.69 Å². The number of hydrogen-bond acceptors (Lipinski definition) is 3. The molecule has 0 aromatic carbocycles. The summed E-state index contributed by atoms with van der Waals surface area (Å²) in [5.74, 6) is 0.847. The van der Waals surface area contributed by atoms with Crippen LogP contribution in [0.5, 0.6) is 0 Å². The zero-order chi connectivity index (χ0) is 13.0. The third-order valence-electron chi connectivity index (χ3n) is 3.49. The molecule has 0 unspecified atom stereocenters. The highest BCUT2D eigenvalue weighted by Crippen LogP contribution is 2.29. The number of carbonyl (C=O) groups excluding carboxylic acids is 1. The molecule has 1 amide bonds. The maximum atomic E-state index is 11.8. The summed E-state index contributed by atoms with van der Waals surface area (Å²) in [6.45, 7) is 0.976. The maximum absolute atomic E-state index is 11.8. The molecular formula is C14H21N3O. The molecule has 1 saturated carbocycles. The van der Waals surface area contributed by atoms with Crippen LogP contribution in [0.3, 0.4) is 0 Å². The summed E-state index contributed by atoms with van der Waals surface area (Å²) in [6, 6.07) is 3.73. The molecule has 2 rings (SSSR count). The predicted molar refractivity (Wildman–Crippen MR) is 72.7 cm³/mol. The summed E-state index contributed by atoms with van der Waals surface area (Å²) in [6.07, 6.45) is 7.05. The van der Waals surface area contributed by atoms with Crippen molar-refractivity contribution in [2.75, 3.05) is 26.0 Å². The molecule has 0 spiro atoms. The van der Waals surface area contributed by atoms with Gasteiger partial charge in [0, 0.05) is 32.5 Å². The van der Waals surface area contributed by atoms with E-state index in [1.165, 1.54) is 25.7 Å². The molecule has 1 N–H and O–H groups in total. The Balaban J connectivity index is 1.88. The van der Waals surface area contributed by atoms with Crippen molar-refractivity contribution in [2.45, 2.75) is 25.7 Å². The van der Waals surface area contributed by atoms with Crippen molar-refractivity contribution in [3.05, 3.63) is 24.0 Å². The van der Waals surface area contributed by atoms with Crippen LogP contribution in [0.25, 0.3) is 0 Å². The molecule has 0 saturated heterocycles. The first-order chi connectivity index (χ1) is 8.66. The second-order valence-electron chi connectivity index (χ2n) is 5.14. The fraction of sp³-hybridized carbons (Fsp3) is 0.571. The van der Waals surface area contributed by atoms with Gasteiger partial charge in [0.15, 0.2) is 0 Å². The molecule has 1 aliphatic rings. The lowest BCUT2D eigenvalue weighted by Gasteiger charge is -2.25. The van der Waals surface area contributed by atoms with E-state index in [0.717, 1.165) is 18.2 Å². The number of nitrogens with zero attached hydrogens (tertiary/aromatic N) is 2. The van der Waals surface area contributed by atoms with Gasteiger partial charge >= 0.3 is 0 Å². The molecular weight excluding hydrogens is 226 g/mol. The Kier molecular flexibility index (Phi) is 4.18. The van der Waals surface area contributed by atoms with E-state index in [-0.39, 0.29) is 5.91 Å². The highest BCUT2D eigenvalue weighted by molar-refractivity contribution is 5.92. The summed E-state index contributed by atoms with van der Waals surface area (Å²) in [7, 11) is 3.47. The topological polar surface area (TPSA) is 45.2 Å². The zero-order valence-corrected chi connectivity index (χ0v) is 11.1. The number of pyridine rings is 1. The van der Waals surface area contributed by atoms with Crippen molar-refractivity contribution in [1.29, 1.82) is 0 Å². The summed E-state index contributed by atoms with van der Waals surface area (Å²) in [5, 5.41) is 3.37. The number of amides is 1. The van der Waals surface area contributed by atoms with Gasteiger partial charge in [0.05, 0.1) is 0 Å². The molecule has 18 heavy (non-hydrogen) atoms. The smallest absolute Gasteiger partial charge is 0.272 e. The van der Waals surface area contributed by atoms with Crippen LogP contribution >= 0.6 is 0 Å². The summed E-state index contributed by atoms with van der Waals surface area (Å²) in [4.78, 5) is 17.4. The number of hydrogen-bond donors (Lipinski definition) is 1. The Morgan fingerprint density at radius 2 is 2.28 bits per heavy atom. The van der Waals surface area contributed by atoms with E-state index in [9.17, 15) is 4.79 Å². The van der Waals surface area contributed by atoms with E-state index in [0.29, 0.717) is 5.69 Å². The number of rotatable bonds is 5. The molecule has 1 fully saturated rings. The molecule has 1 aromatic heterocycles. The minimum absolute atomic E-state index is 0.0577. The van der Waals surface area contributed by atoms with Crippen LogP contribution in [-0.4, -0.2) is 36.4 Å². The minimum Gasteiger partial charge on any atom is -0.385 e. The Morgan fingerprint density at radius 3 is 2.89 bits per heavy atom. The van der Waals surface area contributed by atoms with E-state index < -0.39 is 0 Å². The first-order valence-electron chi connectivity index (χ1n) is 6.58. The van der Waals surface area contributed by atoms with Crippen molar-refractivity contribution < 1.29 is 4.79 Å². The molecule has 0 bridgehead atoms. The first-order valence-corrected chi connectivity index (χ1v) is 6.58. The lowest BCUT2D eigenvalue weighted by Crippen LogP contribution is -2.23. The summed E-state index contributed by atoms with van der Waals surface area (Å²) >= 11 is 0. The van der Waals surface area contributed by atoms with Crippen LogP contribution < -0.4 is 5.32 Å². The van der Waals surface area contributed by atoms with Gasteiger partial charge < -0.3 is 10.2 Å². The van der Waals surface area contributed by atoms with Crippen molar-refractivity contribution in [3.8, 4) is 0 Å². The quantitative estimate of drug-likeness (QED) is 0.869. The molecule has 1 aromatic rings. The average Bonchev–Trinajstić information content (AvgIpc) is 2.31. The Morgan fingerprint density at radius 1 is 1.50 bits per heavy atom. The number of aromatic nitrogens is 1. The Hall–Kier alpha value is -1.58. The molecule has 4 heteroatoms. The Bertz CT molecular complexity index is 413. The normalized spacial score (nSPS) is 15.0. The lowest BCUT2D eigenvalue weighted by atomic mass is 9.83. The summed E-state index contributed by atoms with van der Waals surface area (Å²) < 4.78 is 0. The van der Waals surface area contributed by atoms with E-state index in [1.807, 2.05) is 12.1 Å². The largest absolute Gasteiger partial charge is 0.385 e. The van der Waals surface area contributed by atoms with E-state index in [1.54, 1.807) is 25.2 Å². The van der Waals surface area contributed by atoms with Crippen LogP contribution in [0.1, 0.15) is 36.2 Å². The number of nitrogens with one attached hydrogen (secondary N) is 1. The maximum Gasteiger partial charge on any atom is 0.272 e. The fourth-order valence-electron chi connectivity index (χ4n) is 2.09. The van der Waals surface area contributed by atoms with Crippen LogP contribution in [0.4, 0.5) is 5.69 Å². The van der Waals surface area contributed by atoms with Gasteiger partial charge in [0.2, 0.25) is 0 Å². The zero-order valence-electron chi connectivity index (χ0n) is 11.1. The van der Waals surface area contributed by atoms with Crippen LogP contribution in [0.2, 0.25) is 0 Å². The van der Waals surface area contributed by atoms with Crippen LogP contribution in [-0.2, 0) is 0 Å². The van der Waals surface area contributed by atoms with Crippen molar-refractivity contribution in [3.63, 3.8) is 0 Å². The van der Waals surface area contributed by atoms with Crippen molar-refractivity contribution >= 4 is 11.6 Å². The molecule has 1 aliphatic carbocycles. The second-order valence-corrected chi connectivity index (χ2v) is 5.14. The van der Waals surface area contributed by atoms with Crippen LogP contribution in [0.15, 0.2) is 18.3 Å². The van der Waals surface area contributed by atoms with Gasteiger partial charge in [-0.15, -0.1) is 0 Å². The standard InChI is InChI=1S/C14H21N3O/c1-17(2)14(18)13-10-12(7-9-16-13)15-8-6-11-4-3-5-11/h7,9-11H,3-6,8H2,1-2H3,(H,15,16). The van der Waals surface area contributed by atoms with Gasteiger partial charge in [-0.2, -0.15) is 0 Å². The van der Waals surface area contributed by atoms with E-state index in [2.05, 4.69) is 10.3 Å². The van der Waals surface area contributed by atoms with Gasteiger partial charge in [-0.3, -0.25) is 9.78 Å². The first kappa shape index (κ1) is 12.9. The average molecular weight is 247 g/mol. The van der Waals surface area contributed by atoms with E-state index in [4.69, 9.17) is 0 Å². The molecule has 1 heterocycles. The predicted octanol–water partition coefficient (Wildman–Crippen LogP) is 2.39.